The van der Waals surface area contributed by atoms with E-state index in [0.29, 0.717) is 6.04 Å². The third-order valence-electron chi connectivity index (χ3n) is 3.91. The fraction of sp³-hybridized carbons (Fsp3) is 0.400. The van der Waals surface area contributed by atoms with Gasteiger partial charge in [-0.05, 0) is 56.5 Å². The van der Waals surface area contributed by atoms with Crippen LogP contribution in [0.15, 0.2) is 22.7 Å². The average Bonchev–Trinajstić information content (AvgIpc) is 3.01. The molecule has 0 amide bonds. The Bertz CT molecular complexity index is 597. The van der Waals surface area contributed by atoms with Gasteiger partial charge >= 0.3 is 0 Å². The van der Waals surface area contributed by atoms with Crippen LogP contribution in [0.2, 0.25) is 0 Å². The Hall–Kier alpha value is -1.13. The van der Waals surface area contributed by atoms with E-state index in [1.165, 1.54) is 35.2 Å². The van der Waals surface area contributed by atoms with Crippen molar-refractivity contribution in [3.63, 3.8) is 0 Å². The van der Waals surface area contributed by atoms with Gasteiger partial charge in [0, 0.05) is 16.1 Å². The van der Waals surface area contributed by atoms with Crippen LogP contribution in [0.25, 0.3) is 11.3 Å². The molecular formula is C15H18BrN3. The number of aryl methyl sites for hydroxylation is 1. The van der Waals surface area contributed by atoms with Gasteiger partial charge in [-0.2, -0.15) is 5.10 Å². The summed E-state index contributed by atoms with van der Waals surface area (Å²) in [5.74, 6) is 0. The second-order valence-corrected chi connectivity index (χ2v) is 6.13. The maximum absolute atomic E-state index is 4.55. The second kappa shape index (κ2) is 5.10. The van der Waals surface area contributed by atoms with Crippen LogP contribution in [0.4, 0.5) is 0 Å². The zero-order chi connectivity index (χ0) is 13.4. The molecule has 2 aromatic rings. The first-order chi connectivity index (χ1) is 9.16. The highest BCUT2D eigenvalue weighted by Gasteiger charge is 2.22. The number of hydrogen-bond donors (Lipinski definition) is 2. The number of aromatic amines is 1. The molecule has 1 unspecified atom stereocenters. The highest BCUT2D eigenvalue weighted by Crippen LogP contribution is 2.32. The molecule has 1 atom stereocenters. The quantitative estimate of drug-likeness (QED) is 0.881. The minimum absolute atomic E-state index is 0.439. The van der Waals surface area contributed by atoms with E-state index in [4.69, 9.17) is 0 Å². The highest BCUT2D eigenvalue weighted by molar-refractivity contribution is 9.10. The number of rotatable bonds is 2. The summed E-state index contributed by atoms with van der Waals surface area (Å²) in [5.41, 5.74) is 6.03. The van der Waals surface area contributed by atoms with Gasteiger partial charge in [-0.15, -0.1) is 0 Å². The smallest absolute Gasteiger partial charge is 0.0956 e. The summed E-state index contributed by atoms with van der Waals surface area (Å²) in [7, 11) is 0. The minimum Gasteiger partial charge on any atom is -0.309 e. The van der Waals surface area contributed by atoms with Crippen molar-refractivity contribution < 1.29 is 0 Å². The van der Waals surface area contributed by atoms with Gasteiger partial charge in [0.25, 0.3) is 0 Å². The number of hydrogen-bond acceptors (Lipinski definition) is 2. The Labute approximate surface area is 121 Å². The molecule has 100 valence electrons. The van der Waals surface area contributed by atoms with Gasteiger partial charge in [0.2, 0.25) is 0 Å². The predicted molar refractivity (Wildman–Crippen MR) is 81.2 cm³/mol. The zero-order valence-electron chi connectivity index (χ0n) is 11.3. The molecule has 3 nitrogen and oxygen atoms in total. The van der Waals surface area contributed by atoms with Crippen molar-refractivity contribution in [2.45, 2.75) is 32.7 Å². The maximum Gasteiger partial charge on any atom is 0.0956 e. The number of nitrogens with zero attached hydrogens (tertiary/aromatic N) is 1. The summed E-state index contributed by atoms with van der Waals surface area (Å²) in [6.07, 6.45) is 2.44. The Morgan fingerprint density at radius 1 is 1.32 bits per heavy atom. The summed E-state index contributed by atoms with van der Waals surface area (Å²) >= 11 is 3.54. The molecule has 2 heterocycles. The third-order valence-corrected chi connectivity index (χ3v) is 4.40. The topological polar surface area (TPSA) is 40.7 Å². The summed E-state index contributed by atoms with van der Waals surface area (Å²) in [5, 5.41) is 11.3. The van der Waals surface area contributed by atoms with Crippen LogP contribution in [0.5, 0.6) is 0 Å². The molecule has 19 heavy (non-hydrogen) atoms. The fourth-order valence-electron chi connectivity index (χ4n) is 2.79. The molecule has 4 heteroatoms. The van der Waals surface area contributed by atoms with Gasteiger partial charge in [0.1, 0.15) is 0 Å². The van der Waals surface area contributed by atoms with Crippen LogP contribution in [-0.2, 0) is 0 Å². The van der Waals surface area contributed by atoms with E-state index in [-0.39, 0.29) is 0 Å². The van der Waals surface area contributed by atoms with Crippen molar-refractivity contribution in [2.24, 2.45) is 0 Å². The molecule has 0 bridgehead atoms. The number of nitrogens with one attached hydrogen (secondary N) is 2. The van der Waals surface area contributed by atoms with E-state index < -0.39 is 0 Å². The normalized spacial score (nSPS) is 19.0. The number of aromatic nitrogens is 2. The van der Waals surface area contributed by atoms with Gasteiger partial charge in [0.15, 0.2) is 0 Å². The van der Waals surface area contributed by atoms with Crippen LogP contribution in [0, 0.1) is 13.8 Å². The van der Waals surface area contributed by atoms with Crippen molar-refractivity contribution in [1.29, 1.82) is 0 Å². The first-order valence-corrected chi connectivity index (χ1v) is 7.51. The Morgan fingerprint density at radius 3 is 2.89 bits per heavy atom. The lowest BCUT2D eigenvalue weighted by atomic mass is 10.00. The average molecular weight is 320 g/mol. The SMILES string of the molecule is Cc1ccc(Br)cc1-c1n[nH]c(C2CCCN2)c1C. The molecule has 1 aromatic carbocycles. The summed E-state index contributed by atoms with van der Waals surface area (Å²) in [6.45, 7) is 5.40. The molecular weight excluding hydrogens is 302 g/mol. The fourth-order valence-corrected chi connectivity index (χ4v) is 3.15. The largest absolute Gasteiger partial charge is 0.309 e. The lowest BCUT2D eigenvalue weighted by Gasteiger charge is -2.09. The summed E-state index contributed by atoms with van der Waals surface area (Å²) in [4.78, 5) is 0. The van der Waals surface area contributed by atoms with Crippen molar-refractivity contribution in [1.82, 2.24) is 15.5 Å². The summed E-state index contributed by atoms with van der Waals surface area (Å²) in [6, 6.07) is 6.78. The molecule has 1 saturated heterocycles. The minimum atomic E-state index is 0.439. The summed E-state index contributed by atoms with van der Waals surface area (Å²) < 4.78 is 1.09. The van der Waals surface area contributed by atoms with Crippen molar-refractivity contribution in [2.75, 3.05) is 6.54 Å². The van der Waals surface area contributed by atoms with E-state index in [1.807, 2.05) is 0 Å². The standard InChI is InChI=1S/C15H18BrN3/c1-9-5-6-11(16)8-12(9)14-10(2)15(19-18-14)13-4-3-7-17-13/h5-6,8,13,17H,3-4,7H2,1-2H3,(H,18,19). The van der Waals surface area contributed by atoms with Crippen LogP contribution >= 0.6 is 15.9 Å². The lowest BCUT2D eigenvalue weighted by molar-refractivity contribution is 0.622. The predicted octanol–water partition coefficient (Wildman–Crippen LogP) is 3.88. The Kier molecular flexibility index (Phi) is 3.46. The van der Waals surface area contributed by atoms with Gasteiger partial charge < -0.3 is 5.32 Å². The van der Waals surface area contributed by atoms with E-state index in [9.17, 15) is 0 Å². The molecule has 0 saturated carbocycles. The van der Waals surface area contributed by atoms with Crippen molar-refractivity contribution >= 4 is 15.9 Å². The van der Waals surface area contributed by atoms with Crippen LogP contribution in [0.1, 0.15) is 35.7 Å². The molecule has 2 N–H and O–H groups in total. The first kappa shape index (κ1) is 12.9. The number of halogens is 1. The maximum atomic E-state index is 4.55. The van der Waals surface area contributed by atoms with Crippen LogP contribution in [-0.4, -0.2) is 16.7 Å². The van der Waals surface area contributed by atoms with E-state index in [0.717, 1.165) is 16.7 Å². The molecule has 0 spiro atoms. The third kappa shape index (κ3) is 2.35. The molecule has 1 aliphatic heterocycles. The molecule has 0 aliphatic carbocycles. The molecule has 1 aromatic heterocycles. The molecule has 1 fully saturated rings. The van der Waals surface area contributed by atoms with Gasteiger partial charge in [0.05, 0.1) is 11.4 Å². The Balaban J connectivity index is 2.04. The zero-order valence-corrected chi connectivity index (χ0v) is 12.8. The first-order valence-electron chi connectivity index (χ1n) is 6.71. The van der Waals surface area contributed by atoms with E-state index in [2.05, 4.69) is 63.5 Å². The van der Waals surface area contributed by atoms with Gasteiger partial charge in [-0.25, -0.2) is 0 Å². The molecule has 0 radical (unpaired) electrons. The highest BCUT2D eigenvalue weighted by atomic mass is 79.9. The van der Waals surface area contributed by atoms with E-state index in [1.54, 1.807) is 0 Å². The Morgan fingerprint density at radius 2 is 2.16 bits per heavy atom. The molecule has 3 rings (SSSR count). The van der Waals surface area contributed by atoms with Crippen LogP contribution < -0.4 is 5.32 Å². The number of H-pyrrole nitrogens is 1. The lowest BCUT2D eigenvalue weighted by Crippen LogP contribution is -2.14. The monoisotopic (exact) mass is 319 g/mol. The van der Waals surface area contributed by atoms with Crippen LogP contribution in [0.3, 0.4) is 0 Å². The molecule has 1 aliphatic rings. The second-order valence-electron chi connectivity index (χ2n) is 5.22. The van der Waals surface area contributed by atoms with Gasteiger partial charge in [-0.1, -0.05) is 22.0 Å². The van der Waals surface area contributed by atoms with E-state index >= 15 is 0 Å². The van der Waals surface area contributed by atoms with Crippen molar-refractivity contribution in [3.05, 3.63) is 39.5 Å². The van der Waals surface area contributed by atoms with Crippen molar-refractivity contribution in [3.8, 4) is 11.3 Å². The van der Waals surface area contributed by atoms with Gasteiger partial charge in [-0.3, -0.25) is 5.10 Å². The number of benzene rings is 1.